The van der Waals surface area contributed by atoms with Crippen molar-refractivity contribution in [1.29, 1.82) is 0 Å². The largest absolute Gasteiger partial charge is 0.482 e. The topological polar surface area (TPSA) is 38.3 Å². The molecule has 0 aliphatic rings. The Bertz CT molecular complexity index is 385. The normalized spacial score (nSPS) is 10.4. The molecule has 0 atom stereocenters. The first-order valence-electron chi connectivity index (χ1n) is 5.82. The molecule has 1 amide bonds. The Labute approximate surface area is 121 Å². The number of carbonyl (C=O) groups excluding carboxylic acids is 1. The average molecular weight is 332 g/mol. The van der Waals surface area contributed by atoms with Crippen molar-refractivity contribution < 1.29 is 9.53 Å². The molecule has 100 valence electrons. The predicted molar refractivity (Wildman–Crippen MR) is 80.8 cm³/mol. The minimum Gasteiger partial charge on any atom is -0.482 e. The molecule has 1 N–H and O–H groups in total. The third-order valence-corrected chi connectivity index (χ3v) is 3.49. The SMILES string of the molecule is CC(C)SCCNC(=O)c1cccc(OCBr)c1. The van der Waals surface area contributed by atoms with Crippen LogP contribution in [0.3, 0.4) is 0 Å². The molecule has 0 saturated heterocycles. The number of nitrogens with one attached hydrogen (secondary N) is 1. The summed E-state index contributed by atoms with van der Waals surface area (Å²) < 4.78 is 5.29. The number of thioether (sulfide) groups is 1. The molecule has 3 nitrogen and oxygen atoms in total. The molecule has 1 aromatic carbocycles. The van der Waals surface area contributed by atoms with Crippen LogP contribution in [0.15, 0.2) is 24.3 Å². The van der Waals surface area contributed by atoms with E-state index in [1.165, 1.54) is 0 Å². The highest BCUT2D eigenvalue weighted by atomic mass is 79.9. The number of carbonyl (C=O) groups is 1. The third-order valence-electron chi connectivity index (χ3n) is 2.16. The van der Waals surface area contributed by atoms with Gasteiger partial charge in [-0.2, -0.15) is 11.8 Å². The van der Waals surface area contributed by atoms with E-state index in [-0.39, 0.29) is 5.91 Å². The van der Waals surface area contributed by atoms with Gasteiger partial charge >= 0.3 is 0 Å². The Morgan fingerprint density at radius 1 is 1.50 bits per heavy atom. The van der Waals surface area contributed by atoms with Gasteiger partial charge in [0.05, 0.1) is 0 Å². The van der Waals surface area contributed by atoms with Crippen LogP contribution in [0.4, 0.5) is 0 Å². The third kappa shape index (κ3) is 5.78. The van der Waals surface area contributed by atoms with Crippen molar-refractivity contribution in [3.8, 4) is 5.75 Å². The molecule has 18 heavy (non-hydrogen) atoms. The van der Waals surface area contributed by atoms with E-state index in [0.717, 1.165) is 5.75 Å². The maximum absolute atomic E-state index is 11.9. The van der Waals surface area contributed by atoms with E-state index in [2.05, 4.69) is 35.1 Å². The second-order valence-electron chi connectivity index (χ2n) is 3.96. The molecule has 1 aromatic rings. The fourth-order valence-electron chi connectivity index (χ4n) is 1.35. The van der Waals surface area contributed by atoms with Gasteiger partial charge in [0.25, 0.3) is 5.91 Å². The van der Waals surface area contributed by atoms with Crippen LogP contribution in [-0.2, 0) is 0 Å². The fourth-order valence-corrected chi connectivity index (χ4v) is 2.31. The first-order chi connectivity index (χ1) is 8.63. The summed E-state index contributed by atoms with van der Waals surface area (Å²) >= 11 is 5.02. The van der Waals surface area contributed by atoms with Gasteiger partial charge < -0.3 is 10.1 Å². The molecule has 0 aliphatic carbocycles. The molecule has 0 unspecified atom stereocenters. The average Bonchev–Trinajstić information content (AvgIpc) is 2.35. The highest BCUT2D eigenvalue weighted by Crippen LogP contribution is 2.14. The Balaban J connectivity index is 2.43. The number of alkyl halides is 1. The van der Waals surface area contributed by atoms with Crippen molar-refractivity contribution in [3.63, 3.8) is 0 Å². The van der Waals surface area contributed by atoms with Gasteiger partial charge in [0.1, 0.15) is 11.3 Å². The minimum absolute atomic E-state index is 0.0561. The van der Waals surface area contributed by atoms with Gasteiger partial charge in [0, 0.05) is 17.9 Å². The van der Waals surface area contributed by atoms with E-state index in [4.69, 9.17) is 4.74 Å². The lowest BCUT2D eigenvalue weighted by molar-refractivity contribution is 0.0956. The molecular weight excluding hydrogens is 314 g/mol. The Hall–Kier alpha value is -0.680. The maximum atomic E-state index is 11.9. The standard InChI is InChI=1S/C13H18BrNO2S/c1-10(2)18-7-6-15-13(16)11-4-3-5-12(8-11)17-9-14/h3-5,8,10H,6-7,9H2,1-2H3,(H,15,16). The summed E-state index contributed by atoms with van der Waals surface area (Å²) in [6, 6.07) is 7.17. The van der Waals surface area contributed by atoms with Gasteiger partial charge in [-0.1, -0.05) is 19.9 Å². The molecule has 5 heteroatoms. The zero-order valence-corrected chi connectivity index (χ0v) is 13.0. The summed E-state index contributed by atoms with van der Waals surface area (Å²) in [5.74, 6) is 1.57. The van der Waals surface area contributed by atoms with Crippen LogP contribution in [0, 0.1) is 0 Å². The zero-order chi connectivity index (χ0) is 13.4. The van der Waals surface area contributed by atoms with Gasteiger partial charge in [-0.25, -0.2) is 0 Å². The summed E-state index contributed by atoms with van der Waals surface area (Å²) in [4.78, 5) is 11.9. The number of hydrogen-bond donors (Lipinski definition) is 1. The smallest absolute Gasteiger partial charge is 0.251 e. The van der Waals surface area contributed by atoms with Crippen LogP contribution >= 0.6 is 27.7 Å². The van der Waals surface area contributed by atoms with Gasteiger partial charge in [0.2, 0.25) is 0 Å². The highest BCUT2D eigenvalue weighted by molar-refractivity contribution is 9.09. The quantitative estimate of drug-likeness (QED) is 0.615. The first-order valence-corrected chi connectivity index (χ1v) is 7.99. The lowest BCUT2D eigenvalue weighted by Crippen LogP contribution is -2.26. The van der Waals surface area contributed by atoms with E-state index in [1.807, 2.05) is 23.9 Å². The molecule has 0 bridgehead atoms. The number of benzene rings is 1. The minimum atomic E-state index is -0.0561. The summed E-state index contributed by atoms with van der Waals surface area (Å²) in [6.45, 7) is 4.98. The second-order valence-corrected chi connectivity index (χ2v) is 6.10. The van der Waals surface area contributed by atoms with Gasteiger partial charge in [-0.05, 0) is 39.4 Å². The van der Waals surface area contributed by atoms with Crippen LogP contribution in [0.1, 0.15) is 24.2 Å². The lowest BCUT2D eigenvalue weighted by atomic mass is 10.2. The number of amides is 1. The van der Waals surface area contributed by atoms with Crippen LogP contribution in [0.5, 0.6) is 5.75 Å². The van der Waals surface area contributed by atoms with E-state index in [9.17, 15) is 4.79 Å². The van der Waals surface area contributed by atoms with Gasteiger partial charge in [-0.3, -0.25) is 4.79 Å². The summed E-state index contributed by atoms with van der Waals surface area (Å²) in [7, 11) is 0. The van der Waals surface area contributed by atoms with Crippen molar-refractivity contribution in [2.45, 2.75) is 19.1 Å². The second kappa shape index (κ2) is 8.43. The summed E-state index contributed by atoms with van der Waals surface area (Å²) in [5.41, 5.74) is 1.05. The van der Waals surface area contributed by atoms with E-state index < -0.39 is 0 Å². The first kappa shape index (κ1) is 15.4. The van der Waals surface area contributed by atoms with E-state index >= 15 is 0 Å². The predicted octanol–water partition coefficient (Wildman–Crippen LogP) is 3.29. The van der Waals surface area contributed by atoms with Gasteiger partial charge in [0.15, 0.2) is 0 Å². The Kier molecular flexibility index (Phi) is 7.20. The monoisotopic (exact) mass is 331 g/mol. The number of rotatable bonds is 7. The molecule has 0 saturated carbocycles. The van der Waals surface area contributed by atoms with Crippen molar-refractivity contribution in [3.05, 3.63) is 29.8 Å². The molecule has 0 fully saturated rings. The Morgan fingerprint density at radius 3 is 2.94 bits per heavy atom. The van der Waals surface area contributed by atoms with Crippen molar-refractivity contribution >= 4 is 33.6 Å². The molecule has 0 radical (unpaired) electrons. The van der Waals surface area contributed by atoms with Crippen LogP contribution in [0.25, 0.3) is 0 Å². The lowest BCUT2D eigenvalue weighted by Gasteiger charge is -2.08. The van der Waals surface area contributed by atoms with E-state index in [0.29, 0.717) is 28.6 Å². The number of hydrogen-bond acceptors (Lipinski definition) is 3. The van der Waals surface area contributed by atoms with Crippen molar-refractivity contribution in [1.82, 2.24) is 5.32 Å². The van der Waals surface area contributed by atoms with E-state index in [1.54, 1.807) is 12.1 Å². The maximum Gasteiger partial charge on any atom is 0.251 e. The zero-order valence-electron chi connectivity index (χ0n) is 10.6. The van der Waals surface area contributed by atoms with Crippen LogP contribution in [0.2, 0.25) is 0 Å². The molecule has 1 rings (SSSR count). The fraction of sp³-hybridized carbons (Fsp3) is 0.462. The molecule has 0 aliphatic heterocycles. The molecule has 0 spiro atoms. The Morgan fingerprint density at radius 2 is 2.28 bits per heavy atom. The van der Waals surface area contributed by atoms with Crippen molar-refractivity contribution in [2.24, 2.45) is 0 Å². The number of ether oxygens (including phenoxy) is 1. The van der Waals surface area contributed by atoms with Crippen molar-refractivity contribution in [2.75, 3.05) is 17.8 Å². The summed E-state index contributed by atoms with van der Waals surface area (Å²) in [6.07, 6.45) is 0. The van der Waals surface area contributed by atoms with Crippen LogP contribution in [-0.4, -0.2) is 29.0 Å². The molecule has 0 heterocycles. The molecular formula is C13H18BrNO2S. The highest BCUT2D eigenvalue weighted by Gasteiger charge is 2.06. The molecule has 0 aromatic heterocycles. The number of halogens is 1. The van der Waals surface area contributed by atoms with Gasteiger partial charge in [-0.15, -0.1) is 0 Å². The van der Waals surface area contributed by atoms with Crippen LogP contribution < -0.4 is 10.1 Å². The summed E-state index contributed by atoms with van der Waals surface area (Å²) in [5, 5.41) is 3.49.